The summed E-state index contributed by atoms with van der Waals surface area (Å²) in [5.41, 5.74) is 1.28. The van der Waals surface area contributed by atoms with E-state index in [9.17, 15) is 8.78 Å². The fraction of sp³-hybridized carbons (Fsp3) is 0. The molecular weight excluding hydrogens is 166 g/mol. The Kier molecular flexibility index (Phi) is 2.35. The molecule has 0 saturated heterocycles. The summed E-state index contributed by atoms with van der Waals surface area (Å²) in [7, 11) is 0. The third-order valence-electron chi connectivity index (χ3n) is 1.31. The average molecular weight is 172 g/mol. The SMILES string of the molecule is N=C(NO)c1ccc(F)cc1F. The molecule has 64 valence electrons. The van der Waals surface area contributed by atoms with Crippen LogP contribution in [0.2, 0.25) is 0 Å². The van der Waals surface area contributed by atoms with Crippen LogP contribution in [0.5, 0.6) is 0 Å². The van der Waals surface area contributed by atoms with Crippen molar-refractivity contribution >= 4 is 5.84 Å². The van der Waals surface area contributed by atoms with Gasteiger partial charge >= 0.3 is 0 Å². The number of rotatable bonds is 1. The number of nitrogens with one attached hydrogen (secondary N) is 2. The van der Waals surface area contributed by atoms with E-state index in [1.54, 1.807) is 0 Å². The van der Waals surface area contributed by atoms with Gasteiger partial charge in [0, 0.05) is 6.07 Å². The lowest BCUT2D eigenvalue weighted by Gasteiger charge is -2.02. The summed E-state index contributed by atoms with van der Waals surface area (Å²) in [4.78, 5) is 0. The van der Waals surface area contributed by atoms with Crippen molar-refractivity contribution in [2.45, 2.75) is 0 Å². The first-order valence-electron chi connectivity index (χ1n) is 3.09. The van der Waals surface area contributed by atoms with Gasteiger partial charge in [0.1, 0.15) is 11.6 Å². The predicted octanol–water partition coefficient (Wildman–Crippen LogP) is 1.27. The second kappa shape index (κ2) is 3.27. The van der Waals surface area contributed by atoms with Crippen LogP contribution in [0, 0.1) is 17.0 Å². The zero-order valence-electron chi connectivity index (χ0n) is 5.94. The first kappa shape index (κ1) is 8.61. The van der Waals surface area contributed by atoms with Gasteiger partial charge in [-0.25, -0.2) is 8.78 Å². The molecule has 3 N–H and O–H groups in total. The van der Waals surface area contributed by atoms with Gasteiger partial charge in [0.15, 0.2) is 5.84 Å². The largest absolute Gasteiger partial charge is 0.290 e. The van der Waals surface area contributed by atoms with Crippen molar-refractivity contribution < 1.29 is 14.0 Å². The molecule has 1 aromatic carbocycles. The summed E-state index contributed by atoms with van der Waals surface area (Å²) in [6, 6.07) is 2.71. The lowest BCUT2D eigenvalue weighted by molar-refractivity contribution is 0.233. The number of hydrogen-bond donors (Lipinski definition) is 3. The number of halogens is 2. The lowest BCUT2D eigenvalue weighted by atomic mass is 10.2. The molecule has 12 heavy (non-hydrogen) atoms. The first-order valence-corrected chi connectivity index (χ1v) is 3.09. The highest BCUT2D eigenvalue weighted by molar-refractivity contribution is 5.95. The summed E-state index contributed by atoms with van der Waals surface area (Å²) in [6.07, 6.45) is 0. The fourth-order valence-corrected chi connectivity index (χ4v) is 0.752. The van der Waals surface area contributed by atoms with Gasteiger partial charge in [0.2, 0.25) is 0 Å². The molecule has 0 saturated carbocycles. The molecule has 3 nitrogen and oxygen atoms in total. The van der Waals surface area contributed by atoms with Crippen LogP contribution in [0.15, 0.2) is 18.2 Å². The molecule has 1 aromatic rings. The van der Waals surface area contributed by atoms with E-state index in [0.717, 1.165) is 12.1 Å². The first-order chi connectivity index (χ1) is 5.65. The van der Waals surface area contributed by atoms with Crippen LogP contribution in [-0.4, -0.2) is 11.0 Å². The maximum absolute atomic E-state index is 12.8. The molecule has 0 aromatic heterocycles. The molecule has 1 rings (SSSR count). The van der Waals surface area contributed by atoms with E-state index >= 15 is 0 Å². The summed E-state index contributed by atoms with van der Waals surface area (Å²) >= 11 is 0. The highest BCUT2D eigenvalue weighted by Crippen LogP contribution is 2.08. The van der Waals surface area contributed by atoms with Gasteiger partial charge in [0.05, 0.1) is 5.56 Å². The van der Waals surface area contributed by atoms with Crippen molar-refractivity contribution in [3.63, 3.8) is 0 Å². The van der Waals surface area contributed by atoms with E-state index in [-0.39, 0.29) is 5.56 Å². The summed E-state index contributed by atoms with van der Waals surface area (Å²) in [5, 5.41) is 15.2. The summed E-state index contributed by atoms with van der Waals surface area (Å²) in [6.45, 7) is 0. The van der Waals surface area contributed by atoms with Crippen molar-refractivity contribution in [2.24, 2.45) is 0 Å². The standard InChI is InChI=1S/C7H6F2N2O/c8-4-1-2-5(6(9)3-4)7(10)11-12/h1-3,12H,(H2,10,11). The Labute approximate surface area is 67.1 Å². The van der Waals surface area contributed by atoms with Gasteiger partial charge in [-0.05, 0) is 12.1 Å². The molecule has 0 aliphatic rings. The van der Waals surface area contributed by atoms with Crippen molar-refractivity contribution in [1.29, 1.82) is 5.41 Å². The van der Waals surface area contributed by atoms with Gasteiger partial charge in [-0.1, -0.05) is 0 Å². The molecule has 0 radical (unpaired) electrons. The van der Waals surface area contributed by atoms with Crippen LogP contribution in [-0.2, 0) is 0 Å². The Morgan fingerprint density at radius 1 is 1.42 bits per heavy atom. The van der Waals surface area contributed by atoms with Crippen LogP contribution < -0.4 is 5.48 Å². The maximum Gasteiger partial charge on any atom is 0.152 e. The van der Waals surface area contributed by atoms with Crippen LogP contribution in [0.1, 0.15) is 5.56 Å². The molecule has 0 unspecified atom stereocenters. The van der Waals surface area contributed by atoms with Crippen molar-refractivity contribution in [3.05, 3.63) is 35.4 Å². The van der Waals surface area contributed by atoms with E-state index in [2.05, 4.69) is 0 Å². The minimum Gasteiger partial charge on any atom is -0.290 e. The van der Waals surface area contributed by atoms with Crippen molar-refractivity contribution in [3.8, 4) is 0 Å². The van der Waals surface area contributed by atoms with Gasteiger partial charge < -0.3 is 0 Å². The molecule has 0 spiro atoms. The Morgan fingerprint density at radius 3 is 2.58 bits per heavy atom. The van der Waals surface area contributed by atoms with Gasteiger partial charge in [-0.2, -0.15) is 0 Å². The van der Waals surface area contributed by atoms with Crippen molar-refractivity contribution in [1.82, 2.24) is 5.48 Å². The molecule has 0 atom stereocenters. The van der Waals surface area contributed by atoms with E-state index in [0.29, 0.717) is 6.07 Å². The summed E-state index contributed by atoms with van der Waals surface area (Å²) in [5.74, 6) is -2.11. The maximum atomic E-state index is 12.8. The topological polar surface area (TPSA) is 56.1 Å². The number of hydroxylamine groups is 1. The molecule has 0 heterocycles. The third-order valence-corrected chi connectivity index (χ3v) is 1.31. The molecular formula is C7H6F2N2O. The normalized spacial score (nSPS) is 9.58. The van der Waals surface area contributed by atoms with E-state index in [4.69, 9.17) is 10.6 Å². The number of benzene rings is 1. The molecule has 0 aliphatic carbocycles. The highest BCUT2D eigenvalue weighted by Gasteiger charge is 2.07. The lowest BCUT2D eigenvalue weighted by Crippen LogP contribution is -2.20. The Bertz CT molecular complexity index is 314. The summed E-state index contributed by atoms with van der Waals surface area (Å²) < 4.78 is 25.1. The molecule has 5 heteroatoms. The minimum absolute atomic E-state index is 0.182. The second-order valence-corrected chi connectivity index (χ2v) is 2.11. The fourth-order valence-electron chi connectivity index (χ4n) is 0.752. The molecule has 0 bridgehead atoms. The zero-order chi connectivity index (χ0) is 9.14. The van der Waals surface area contributed by atoms with Crippen molar-refractivity contribution in [2.75, 3.05) is 0 Å². The van der Waals surface area contributed by atoms with Crippen LogP contribution in [0.3, 0.4) is 0 Å². The van der Waals surface area contributed by atoms with Gasteiger partial charge in [-0.3, -0.25) is 16.1 Å². The van der Waals surface area contributed by atoms with E-state index in [1.165, 1.54) is 5.48 Å². The molecule has 0 fully saturated rings. The van der Waals surface area contributed by atoms with Gasteiger partial charge in [0.25, 0.3) is 0 Å². The Hall–Kier alpha value is -1.49. The number of hydrogen-bond acceptors (Lipinski definition) is 2. The quantitative estimate of drug-likeness (QED) is 0.339. The van der Waals surface area contributed by atoms with Crippen LogP contribution in [0.4, 0.5) is 8.78 Å². The zero-order valence-corrected chi connectivity index (χ0v) is 5.94. The van der Waals surface area contributed by atoms with Crippen LogP contribution in [0.25, 0.3) is 0 Å². The smallest absolute Gasteiger partial charge is 0.152 e. The Balaban J connectivity index is 3.09. The highest BCUT2D eigenvalue weighted by atomic mass is 19.1. The monoisotopic (exact) mass is 172 g/mol. The van der Waals surface area contributed by atoms with E-state index < -0.39 is 17.5 Å². The second-order valence-electron chi connectivity index (χ2n) is 2.11. The minimum atomic E-state index is -0.887. The van der Waals surface area contributed by atoms with E-state index in [1.807, 2.05) is 0 Å². The Morgan fingerprint density at radius 2 is 2.08 bits per heavy atom. The third kappa shape index (κ3) is 1.57. The van der Waals surface area contributed by atoms with Crippen LogP contribution >= 0.6 is 0 Å². The number of amidine groups is 1. The van der Waals surface area contributed by atoms with Gasteiger partial charge in [-0.15, -0.1) is 0 Å². The average Bonchev–Trinajstić information content (AvgIpc) is 2.03. The predicted molar refractivity (Wildman–Crippen MR) is 38.1 cm³/mol. The molecule has 0 aliphatic heterocycles. The molecule has 0 amide bonds.